The Morgan fingerprint density at radius 2 is 1.92 bits per heavy atom. The second kappa shape index (κ2) is 6.75. The maximum atomic E-state index is 6.23. The van der Waals surface area contributed by atoms with Crippen LogP contribution in [0.3, 0.4) is 0 Å². The first kappa shape index (κ1) is 16.5. The molecule has 4 heteroatoms. The number of fused-ring (bicyclic) bond motifs is 3. The van der Waals surface area contributed by atoms with Gasteiger partial charge in [0.25, 0.3) is 0 Å². The molecule has 0 fully saturated rings. The zero-order chi connectivity index (χ0) is 17.4. The molecule has 0 N–H and O–H groups in total. The molecular formula is C21H24N2OS. The first-order valence-corrected chi connectivity index (χ1v) is 9.99. The quantitative estimate of drug-likeness (QED) is 0.528. The fourth-order valence-corrected chi connectivity index (χ4v) is 5.01. The summed E-state index contributed by atoms with van der Waals surface area (Å²) in [6.45, 7) is 6.59. The Kier molecular flexibility index (Phi) is 4.46. The van der Waals surface area contributed by atoms with Gasteiger partial charge >= 0.3 is 0 Å². The van der Waals surface area contributed by atoms with Crippen molar-refractivity contribution >= 4 is 21.6 Å². The molecule has 0 saturated heterocycles. The number of ether oxygens (including phenoxy) is 1. The molecular weight excluding hydrogens is 328 g/mol. The minimum atomic E-state index is 0.521. The molecule has 2 aromatic heterocycles. The summed E-state index contributed by atoms with van der Waals surface area (Å²) in [6.07, 6.45) is 7.74. The van der Waals surface area contributed by atoms with Crippen LogP contribution in [0, 0.1) is 6.92 Å². The predicted molar refractivity (Wildman–Crippen MR) is 104 cm³/mol. The van der Waals surface area contributed by atoms with Crippen LogP contribution < -0.4 is 4.74 Å². The van der Waals surface area contributed by atoms with Crippen LogP contribution in [0.5, 0.6) is 11.6 Å². The van der Waals surface area contributed by atoms with E-state index in [1.807, 2.05) is 11.3 Å². The van der Waals surface area contributed by atoms with Crippen LogP contribution in [0.25, 0.3) is 10.2 Å². The van der Waals surface area contributed by atoms with Gasteiger partial charge in [-0.15, -0.1) is 11.3 Å². The molecule has 3 aromatic rings. The summed E-state index contributed by atoms with van der Waals surface area (Å²) in [4.78, 5) is 11.5. The number of thiophene rings is 1. The third-order valence-corrected chi connectivity index (χ3v) is 6.24. The number of aryl methyl sites for hydroxylation is 3. The summed E-state index contributed by atoms with van der Waals surface area (Å²) in [5, 5.41) is 1.13. The van der Waals surface area contributed by atoms with Gasteiger partial charge in [0, 0.05) is 4.88 Å². The van der Waals surface area contributed by atoms with Crippen molar-refractivity contribution in [1.29, 1.82) is 0 Å². The maximum Gasteiger partial charge on any atom is 0.231 e. The van der Waals surface area contributed by atoms with Crippen LogP contribution in [0.15, 0.2) is 24.5 Å². The lowest BCUT2D eigenvalue weighted by atomic mass is 9.98. The Hall–Kier alpha value is -1.94. The van der Waals surface area contributed by atoms with Crippen LogP contribution >= 0.6 is 11.3 Å². The van der Waals surface area contributed by atoms with E-state index in [4.69, 9.17) is 4.74 Å². The van der Waals surface area contributed by atoms with Gasteiger partial charge in [0.15, 0.2) is 0 Å². The normalized spacial score (nSPS) is 14.6. The highest BCUT2D eigenvalue weighted by molar-refractivity contribution is 7.18. The Bertz CT molecular complexity index is 914. The fourth-order valence-electron chi connectivity index (χ4n) is 3.79. The van der Waals surface area contributed by atoms with Gasteiger partial charge in [0.05, 0.1) is 5.39 Å². The van der Waals surface area contributed by atoms with Crippen LogP contribution in [0.1, 0.15) is 60.6 Å². The van der Waals surface area contributed by atoms with Crippen LogP contribution in [0.4, 0.5) is 0 Å². The third kappa shape index (κ3) is 3.15. The molecule has 25 heavy (non-hydrogen) atoms. The maximum absolute atomic E-state index is 6.23. The summed E-state index contributed by atoms with van der Waals surface area (Å²) in [7, 11) is 0. The lowest BCUT2D eigenvalue weighted by molar-refractivity contribution is 0.467. The Labute approximate surface area is 153 Å². The zero-order valence-electron chi connectivity index (χ0n) is 15.1. The van der Waals surface area contributed by atoms with Crippen LogP contribution in [0.2, 0.25) is 0 Å². The topological polar surface area (TPSA) is 35.0 Å². The second-order valence-electron chi connectivity index (χ2n) is 7.20. The molecule has 130 valence electrons. The highest BCUT2D eigenvalue weighted by Gasteiger charge is 2.20. The van der Waals surface area contributed by atoms with Crippen molar-refractivity contribution in [3.8, 4) is 11.6 Å². The predicted octanol–water partition coefficient (Wildman–Crippen LogP) is 6.18. The number of aromatic nitrogens is 2. The van der Waals surface area contributed by atoms with Crippen molar-refractivity contribution in [2.45, 2.75) is 58.8 Å². The van der Waals surface area contributed by atoms with Gasteiger partial charge in [0.2, 0.25) is 5.88 Å². The molecule has 0 atom stereocenters. The van der Waals surface area contributed by atoms with Gasteiger partial charge in [-0.3, -0.25) is 0 Å². The average Bonchev–Trinajstić information content (AvgIpc) is 2.78. The minimum Gasteiger partial charge on any atom is -0.438 e. The summed E-state index contributed by atoms with van der Waals surface area (Å²) in [5.74, 6) is 2.09. The lowest BCUT2D eigenvalue weighted by Gasteiger charge is -2.12. The SMILES string of the molecule is Cc1cc(Oc2ncnc3sc4c(c23)CCCCC4)ccc1C(C)C. The third-order valence-electron chi connectivity index (χ3n) is 5.04. The Morgan fingerprint density at radius 3 is 2.72 bits per heavy atom. The van der Waals surface area contributed by atoms with E-state index in [1.54, 1.807) is 6.33 Å². The molecule has 0 aliphatic heterocycles. The average molecular weight is 353 g/mol. The van der Waals surface area contributed by atoms with E-state index in [2.05, 4.69) is 48.9 Å². The van der Waals surface area contributed by atoms with Crippen molar-refractivity contribution in [2.75, 3.05) is 0 Å². The first-order valence-electron chi connectivity index (χ1n) is 9.17. The van der Waals surface area contributed by atoms with E-state index in [9.17, 15) is 0 Å². The summed E-state index contributed by atoms with van der Waals surface area (Å²) in [6, 6.07) is 6.34. The van der Waals surface area contributed by atoms with E-state index < -0.39 is 0 Å². The molecule has 0 radical (unpaired) electrons. The molecule has 1 aliphatic rings. The number of nitrogens with zero attached hydrogens (tertiary/aromatic N) is 2. The lowest BCUT2D eigenvalue weighted by Crippen LogP contribution is -1.95. The van der Waals surface area contributed by atoms with Crippen molar-refractivity contribution in [3.05, 3.63) is 46.1 Å². The number of hydrogen-bond donors (Lipinski definition) is 0. The largest absolute Gasteiger partial charge is 0.438 e. The first-order chi connectivity index (χ1) is 12.1. The molecule has 0 spiro atoms. The Balaban J connectivity index is 1.74. The molecule has 1 aromatic carbocycles. The van der Waals surface area contributed by atoms with E-state index in [0.29, 0.717) is 11.8 Å². The summed E-state index contributed by atoms with van der Waals surface area (Å²) >= 11 is 1.82. The van der Waals surface area contributed by atoms with Crippen molar-refractivity contribution in [3.63, 3.8) is 0 Å². The van der Waals surface area contributed by atoms with Crippen molar-refractivity contribution in [2.24, 2.45) is 0 Å². The number of benzene rings is 1. The molecule has 2 heterocycles. The van der Waals surface area contributed by atoms with E-state index in [-0.39, 0.29) is 0 Å². The van der Waals surface area contributed by atoms with Gasteiger partial charge in [-0.25, -0.2) is 9.97 Å². The summed E-state index contributed by atoms with van der Waals surface area (Å²) in [5.41, 5.74) is 4.05. The number of rotatable bonds is 3. The van der Waals surface area contributed by atoms with E-state index in [1.165, 1.54) is 40.8 Å². The highest BCUT2D eigenvalue weighted by atomic mass is 32.1. The van der Waals surface area contributed by atoms with Gasteiger partial charge in [0.1, 0.15) is 16.9 Å². The molecule has 3 nitrogen and oxygen atoms in total. The molecule has 0 bridgehead atoms. The van der Waals surface area contributed by atoms with Gasteiger partial charge < -0.3 is 4.74 Å². The van der Waals surface area contributed by atoms with Gasteiger partial charge in [-0.1, -0.05) is 26.3 Å². The van der Waals surface area contributed by atoms with Gasteiger partial charge in [-0.05, 0) is 67.3 Å². The molecule has 0 unspecified atom stereocenters. The monoisotopic (exact) mass is 352 g/mol. The number of hydrogen-bond acceptors (Lipinski definition) is 4. The minimum absolute atomic E-state index is 0.521. The Morgan fingerprint density at radius 1 is 1.08 bits per heavy atom. The highest BCUT2D eigenvalue weighted by Crippen LogP contribution is 2.39. The molecule has 4 rings (SSSR count). The van der Waals surface area contributed by atoms with E-state index in [0.717, 1.165) is 28.8 Å². The van der Waals surface area contributed by atoms with Crippen molar-refractivity contribution in [1.82, 2.24) is 9.97 Å². The van der Waals surface area contributed by atoms with Crippen molar-refractivity contribution < 1.29 is 4.74 Å². The molecule has 1 aliphatic carbocycles. The second-order valence-corrected chi connectivity index (χ2v) is 8.28. The van der Waals surface area contributed by atoms with Gasteiger partial charge in [-0.2, -0.15) is 0 Å². The van der Waals surface area contributed by atoms with E-state index >= 15 is 0 Å². The smallest absolute Gasteiger partial charge is 0.231 e. The fraction of sp³-hybridized carbons (Fsp3) is 0.429. The van der Waals surface area contributed by atoms with Crippen LogP contribution in [-0.4, -0.2) is 9.97 Å². The molecule has 0 amide bonds. The molecule has 0 saturated carbocycles. The standard InChI is InChI=1S/C21H24N2OS/c1-13(2)16-10-9-15(11-14(16)3)24-20-19-17-7-5-4-6-8-18(17)25-21(19)23-12-22-20/h9-13H,4-8H2,1-3H3. The van der Waals surface area contributed by atoms with Crippen LogP contribution in [-0.2, 0) is 12.8 Å². The zero-order valence-corrected chi connectivity index (χ0v) is 15.9. The summed E-state index contributed by atoms with van der Waals surface area (Å²) < 4.78 is 6.23.